The molecule has 1 aromatic carbocycles. The SMILES string of the molecule is Cn1cc(-c2ccnc3c2C=CNC3)c(-c2ccc(F)cc2)n1. The topological polar surface area (TPSA) is 42.7 Å². The molecular formula is C18H15FN4. The molecule has 0 atom stereocenters. The van der Waals surface area contributed by atoms with Crippen LogP contribution in [0.4, 0.5) is 4.39 Å². The predicted molar refractivity (Wildman–Crippen MR) is 87.7 cm³/mol. The Morgan fingerprint density at radius 2 is 1.96 bits per heavy atom. The zero-order chi connectivity index (χ0) is 15.8. The van der Waals surface area contributed by atoms with Crippen LogP contribution in [0.1, 0.15) is 11.3 Å². The summed E-state index contributed by atoms with van der Waals surface area (Å²) in [5.41, 5.74) is 5.95. The maximum absolute atomic E-state index is 13.2. The number of aryl methyl sites for hydroxylation is 1. The molecule has 0 radical (unpaired) electrons. The Morgan fingerprint density at radius 1 is 1.13 bits per heavy atom. The molecule has 0 unspecified atom stereocenters. The minimum Gasteiger partial charge on any atom is -0.385 e. The van der Waals surface area contributed by atoms with Crippen molar-refractivity contribution < 1.29 is 4.39 Å². The van der Waals surface area contributed by atoms with Gasteiger partial charge in [-0.25, -0.2) is 4.39 Å². The highest BCUT2D eigenvalue weighted by Gasteiger charge is 2.17. The van der Waals surface area contributed by atoms with Gasteiger partial charge in [0.05, 0.1) is 12.2 Å². The lowest BCUT2D eigenvalue weighted by Crippen LogP contribution is -2.12. The molecule has 0 fully saturated rings. The Kier molecular flexibility index (Phi) is 3.19. The summed E-state index contributed by atoms with van der Waals surface area (Å²) in [6.45, 7) is 0.714. The van der Waals surface area contributed by atoms with Crippen molar-refractivity contribution in [2.24, 2.45) is 7.05 Å². The fourth-order valence-corrected chi connectivity index (χ4v) is 2.88. The van der Waals surface area contributed by atoms with Crippen molar-refractivity contribution in [3.8, 4) is 22.4 Å². The van der Waals surface area contributed by atoms with Gasteiger partial charge in [0.1, 0.15) is 11.5 Å². The highest BCUT2D eigenvalue weighted by atomic mass is 19.1. The lowest BCUT2D eigenvalue weighted by atomic mass is 9.96. The van der Waals surface area contributed by atoms with Gasteiger partial charge in [-0.2, -0.15) is 5.10 Å². The van der Waals surface area contributed by atoms with Crippen molar-refractivity contribution in [2.45, 2.75) is 6.54 Å². The van der Waals surface area contributed by atoms with Crippen LogP contribution < -0.4 is 5.32 Å². The number of hydrogen-bond donors (Lipinski definition) is 1. The monoisotopic (exact) mass is 306 g/mol. The third kappa shape index (κ3) is 2.40. The van der Waals surface area contributed by atoms with Crippen LogP contribution >= 0.6 is 0 Å². The summed E-state index contributed by atoms with van der Waals surface area (Å²) >= 11 is 0. The minimum absolute atomic E-state index is 0.249. The Morgan fingerprint density at radius 3 is 2.78 bits per heavy atom. The van der Waals surface area contributed by atoms with E-state index in [1.165, 1.54) is 12.1 Å². The molecule has 0 bridgehead atoms. The molecule has 0 saturated carbocycles. The fourth-order valence-electron chi connectivity index (χ4n) is 2.88. The van der Waals surface area contributed by atoms with Gasteiger partial charge in [-0.05, 0) is 48.2 Å². The molecular weight excluding hydrogens is 291 g/mol. The van der Waals surface area contributed by atoms with E-state index in [-0.39, 0.29) is 5.82 Å². The molecule has 114 valence electrons. The number of hydrogen-bond acceptors (Lipinski definition) is 3. The summed E-state index contributed by atoms with van der Waals surface area (Å²) in [4.78, 5) is 4.44. The molecule has 0 aliphatic carbocycles. The van der Waals surface area contributed by atoms with Crippen LogP contribution in [-0.2, 0) is 13.6 Å². The molecule has 3 aromatic rings. The number of benzene rings is 1. The van der Waals surface area contributed by atoms with Crippen molar-refractivity contribution in [1.82, 2.24) is 20.1 Å². The van der Waals surface area contributed by atoms with Crippen LogP contribution in [0.15, 0.2) is 48.9 Å². The van der Waals surface area contributed by atoms with Crippen molar-refractivity contribution >= 4 is 6.08 Å². The van der Waals surface area contributed by atoms with E-state index in [0.717, 1.165) is 33.6 Å². The number of nitrogens with one attached hydrogen (secondary N) is 1. The van der Waals surface area contributed by atoms with Crippen molar-refractivity contribution in [3.63, 3.8) is 0 Å². The van der Waals surface area contributed by atoms with E-state index in [1.54, 1.807) is 16.8 Å². The average Bonchev–Trinajstić information content (AvgIpc) is 2.96. The lowest BCUT2D eigenvalue weighted by Gasteiger charge is -2.15. The highest BCUT2D eigenvalue weighted by molar-refractivity contribution is 5.85. The standard InChI is InChI=1S/C18H15FN4/c1-23-11-16(18(22-23)12-2-4-13(19)5-3-12)14-7-9-21-17-10-20-8-6-15(14)17/h2-9,11,20H,10H2,1H3. The molecule has 3 heterocycles. The normalized spacial score (nSPS) is 12.8. The summed E-state index contributed by atoms with van der Waals surface area (Å²) in [5.74, 6) is -0.249. The van der Waals surface area contributed by atoms with E-state index < -0.39 is 0 Å². The van der Waals surface area contributed by atoms with Gasteiger partial charge < -0.3 is 5.32 Å². The van der Waals surface area contributed by atoms with Gasteiger partial charge in [0.2, 0.25) is 0 Å². The maximum Gasteiger partial charge on any atom is 0.123 e. The van der Waals surface area contributed by atoms with Crippen molar-refractivity contribution in [2.75, 3.05) is 0 Å². The number of nitrogens with zero attached hydrogens (tertiary/aromatic N) is 3. The number of fused-ring (bicyclic) bond motifs is 1. The molecule has 1 aliphatic heterocycles. The van der Waals surface area contributed by atoms with E-state index in [4.69, 9.17) is 0 Å². The predicted octanol–water partition coefficient (Wildman–Crippen LogP) is 3.36. The van der Waals surface area contributed by atoms with Crippen LogP contribution in [0.5, 0.6) is 0 Å². The number of aromatic nitrogens is 3. The maximum atomic E-state index is 13.2. The largest absolute Gasteiger partial charge is 0.385 e. The summed E-state index contributed by atoms with van der Waals surface area (Å²) in [7, 11) is 1.89. The fraction of sp³-hybridized carbons (Fsp3) is 0.111. The zero-order valence-electron chi connectivity index (χ0n) is 12.6. The second-order valence-electron chi connectivity index (χ2n) is 5.51. The summed E-state index contributed by atoms with van der Waals surface area (Å²) < 4.78 is 15.0. The van der Waals surface area contributed by atoms with Gasteiger partial charge in [-0.1, -0.05) is 0 Å². The average molecular weight is 306 g/mol. The molecule has 0 saturated heterocycles. The van der Waals surface area contributed by atoms with Crippen LogP contribution in [0.3, 0.4) is 0 Å². The summed E-state index contributed by atoms with van der Waals surface area (Å²) in [6.07, 6.45) is 7.77. The number of halogens is 1. The molecule has 4 rings (SSSR count). The third-order valence-electron chi connectivity index (χ3n) is 3.95. The van der Waals surface area contributed by atoms with Crippen LogP contribution in [0.25, 0.3) is 28.5 Å². The van der Waals surface area contributed by atoms with Gasteiger partial charge in [0.25, 0.3) is 0 Å². The summed E-state index contributed by atoms with van der Waals surface area (Å²) in [6, 6.07) is 8.43. The Balaban J connectivity index is 1.91. The first-order valence-corrected chi connectivity index (χ1v) is 7.40. The van der Waals surface area contributed by atoms with Crippen molar-refractivity contribution in [3.05, 3.63) is 66.0 Å². The summed E-state index contributed by atoms with van der Waals surface area (Å²) in [5, 5.41) is 7.74. The smallest absolute Gasteiger partial charge is 0.123 e. The van der Waals surface area contributed by atoms with Crippen LogP contribution in [0, 0.1) is 5.82 Å². The van der Waals surface area contributed by atoms with Crippen molar-refractivity contribution in [1.29, 1.82) is 0 Å². The first kappa shape index (κ1) is 13.7. The second-order valence-corrected chi connectivity index (χ2v) is 5.51. The van der Waals surface area contributed by atoms with Crippen LogP contribution in [-0.4, -0.2) is 14.8 Å². The van der Waals surface area contributed by atoms with Gasteiger partial charge in [0, 0.05) is 36.1 Å². The van der Waals surface area contributed by atoms with Gasteiger partial charge >= 0.3 is 0 Å². The Bertz CT molecular complexity index is 894. The molecule has 23 heavy (non-hydrogen) atoms. The number of rotatable bonds is 2. The van der Waals surface area contributed by atoms with Gasteiger partial charge in [-0.3, -0.25) is 9.67 Å². The molecule has 0 amide bonds. The molecule has 4 nitrogen and oxygen atoms in total. The zero-order valence-corrected chi connectivity index (χ0v) is 12.6. The molecule has 1 aliphatic rings. The first-order valence-electron chi connectivity index (χ1n) is 7.40. The van der Waals surface area contributed by atoms with E-state index >= 15 is 0 Å². The van der Waals surface area contributed by atoms with Gasteiger partial charge in [-0.15, -0.1) is 0 Å². The molecule has 5 heteroatoms. The highest BCUT2D eigenvalue weighted by Crippen LogP contribution is 2.34. The molecule has 0 spiro atoms. The van der Waals surface area contributed by atoms with Crippen LogP contribution in [0.2, 0.25) is 0 Å². The van der Waals surface area contributed by atoms with E-state index in [2.05, 4.69) is 15.4 Å². The van der Waals surface area contributed by atoms with Gasteiger partial charge in [0.15, 0.2) is 0 Å². The minimum atomic E-state index is -0.249. The Hall–Kier alpha value is -2.95. The van der Waals surface area contributed by atoms with E-state index in [1.807, 2.05) is 37.8 Å². The van der Waals surface area contributed by atoms with E-state index in [0.29, 0.717) is 6.54 Å². The third-order valence-corrected chi connectivity index (χ3v) is 3.95. The molecule has 1 N–H and O–H groups in total. The molecule has 2 aromatic heterocycles. The first-order chi connectivity index (χ1) is 11.2. The quantitative estimate of drug-likeness (QED) is 0.789. The second kappa shape index (κ2) is 5.35. The van der Waals surface area contributed by atoms with E-state index in [9.17, 15) is 4.39 Å². The number of pyridine rings is 1. The Labute approximate surface area is 133 Å². The lowest BCUT2D eigenvalue weighted by molar-refractivity contribution is 0.628.